The molecule has 0 spiro atoms. The number of benzene rings is 1. The van der Waals surface area contributed by atoms with Gasteiger partial charge in [-0.05, 0) is 33.6 Å². The highest BCUT2D eigenvalue weighted by atomic mass is 79.9. The van der Waals surface area contributed by atoms with Crippen molar-refractivity contribution in [2.45, 2.75) is 11.9 Å². The Balaban J connectivity index is 3.19. The Morgan fingerprint density at radius 1 is 1.47 bits per heavy atom. The average molecular weight is 374 g/mol. The van der Waals surface area contributed by atoms with E-state index in [0.29, 0.717) is 10.9 Å². The highest BCUT2D eigenvalue weighted by molar-refractivity contribution is 9.10. The molecule has 17 heavy (non-hydrogen) atoms. The summed E-state index contributed by atoms with van der Waals surface area (Å²) in [7, 11) is 1.25. The molecule has 1 rings (SSSR count). The smallest absolute Gasteiger partial charge is 0.387 e. The van der Waals surface area contributed by atoms with Crippen molar-refractivity contribution in [3.8, 4) is 5.75 Å². The number of ether oxygens (including phenoxy) is 2. The number of carbonyl (C=O) groups excluding carboxylic acids is 1. The second-order valence-electron chi connectivity index (χ2n) is 2.94. The zero-order valence-corrected chi connectivity index (χ0v) is 11.8. The summed E-state index contributed by atoms with van der Waals surface area (Å²) in [5.41, 5.74) is 0.800. The molecule has 0 aromatic heterocycles. The molecule has 0 bridgehead atoms. The molecule has 0 atom stereocenters. The van der Waals surface area contributed by atoms with Crippen LogP contribution in [-0.4, -0.2) is 19.7 Å². The van der Waals surface area contributed by atoms with Gasteiger partial charge in [0.25, 0.3) is 0 Å². The molecule has 94 valence electrons. The van der Waals surface area contributed by atoms with E-state index in [4.69, 9.17) is 0 Å². The third kappa shape index (κ3) is 3.64. The first-order valence-corrected chi connectivity index (χ1v) is 6.32. The molecule has 0 radical (unpaired) electrons. The van der Waals surface area contributed by atoms with E-state index in [1.54, 1.807) is 0 Å². The van der Waals surface area contributed by atoms with Crippen LogP contribution in [0.15, 0.2) is 16.6 Å². The first kappa shape index (κ1) is 14.4. The Bertz CT molecular complexity index is 424. The molecule has 0 aliphatic heterocycles. The monoisotopic (exact) mass is 372 g/mol. The predicted octanol–water partition coefficient (Wildman–Crippen LogP) is 3.73. The summed E-state index contributed by atoms with van der Waals surface area (Å²) in [5, 5.41) is 0.324. The van der Waals surface area contributed by atoms with E-state index in [2.05, 4.69) is 41.3 Å². The van der Waals surface area contributed by atoms with Crippen LogP contribution in [0.4, 0.5) is 8.78 Å². The zero-order valence-electron chi connectivity index (χ0n) is 8.68. The SMILES string of the molecule is COC(=O)c1cc(Br)c(OC(F)F)cc1CBr. The van der Waals surface area contributed by atoms with Crippen LogP contribution in [0.3, 0.4) is 0 Å². The molecular formula is C10H8Br2F2O3. The number of esters is 1. The fourth-order valence-electron chi connectivity index (χ4n) is 1.19. The lowest BCUT2D eigenvalue weighted by molar-refractivity contribution is -0.0503. The number of carbonyl (C=O) groups is 1. The zero-order chi connectivity index (χ0) is 13.0. The summed E-state index contributed by atoms with van der Waals surface area (Å²) in [6.45, 7) is -2.92. The molecule has 3 nitrogen and oxygen atoms in total. The topological polar surface area (TPSA) is 35.5 Å². The van der Waals surface area contributed by atoms with Crippen molar-refractivity contribution in [3.05, 3.63) is 27.7 Å². The standard InChI is InChI=1S/C10H8Br2F2O3/c1-16-9(15)6-3-7(12)8(17-10(13)14)2-5(6)4-11/h2-3,10H,4H2,1H3. The maximum Gasteiger partial charge on any atom is 0.387 e. The minimum atomic E-state index is -2.92. The summed E-state index contributed by atoms with van der Waals surface area (Å²) >= 11 is 6.22. The molecule has 0 saturated carbocycles. The lowest BCUT2D eigenvalue weighted by Gasteiger charge is -2.11. The lowest BCUT2D eigenvalue weighted by atomic mass is 10.1. The number of rotatable bonds is 4. The van der Waals surface area contributed by atoms with Gasteiger partial charge in [0.1, 0.15) is 5.75 Å². The molecule has 0 heterocycles. The van der Waals surface area contributed by atoms with E-state index in [1.165, 1.54) is 19.2 Å². The van der Waals surface area contributed by atoms with Crippen molar-refractivity contribution in [1.29, 1.82) is 0 Å². The number of methoxy groups -OCH3 is 1. The lowest BCUT2D eigenvalue weighted by Crippen LogP contribution is -2.08. The van der Waals surface area contributed by atoms with E-state index in [1.807, 2.05) is 0 Å². The predicted molar refractivity (Wildman–Crippen MR) is 64.7 cm³/mol. The highest BCUT2D eigenvalue weighted by Crippen LogP contribution is 2.31. The van der Waals surface area contributed by atoms with Crippen LogP contribution >= 0.6 is 31.9 Å². The van der Waals surface area contributed by atoms with Gasteiger partial charge in [0.2, 0.25) is 0 Å². The van der Waals surface area contributed by atoms with E-state index in [-0.39, 0.29) is 15.8 Å². The van der Waals surface area contributed by atoms with Crippen LogP contribution in [-0.2, 0) is 10.1 Å². The van der Waals surface area contributed by atoms with E-state index < -0.39 is 12.6 Å². The second-order valence-corrected chi connectivity index (χ2v) is 4.36. The normalized spacial score (nSPS) is 10.5. The fourth-order valence-corrected chi connectivity index (χ4v) is 2.09. The minimum absolute atomic E-state index is 0.0258. The third-order valence-electron chi connectivity index (χ3n) is 1.92. The van der Waals surface area contributed by atoms with Crippen LogP contribution in [0.25, 0.3) is 0 Å². The van der Waals surface area contributed by atoms with Crippen LogP contribution in [0.5, 0.6) is 5.75 Å². The van der Waals surface area contributed by atoms with Crippen molar-refractivity contribution in [1.82, 2.24) is 0 Å². The molecule has 0 N–H and O–H groups in total. The van der Waals surface area contributed by atoms with Gasteiger partial charge < -0.3 is 9.47 Å². The van der Waals surface area contributed by atoms with E-state index >= 15 is 0 Å². The molecular weight excluding hydrogens is 366 g/mol. The summed E-state index contributed by atoms with van der Waals surface area (Å²) in [5.74, 6) is -0.564. The van der Waals surface area contributed by atoms with Gasteiger partial charge in [0.15, 0.2) is 0 Å². The van der Waals surface area contributed by atoms with Gasteiger partial charge in [-0.3, -0.25) is 0 Å². The van der Waals surface area contributed by atoms with Crippen molar-refractivity contribution in [2.24, 2.45) is 0 Å². The Hall–Kier alpha value is -0.690. The maximum atomic E-state index is 12.1. The van der Waals surface area contributed by atoms with Crippen LogP contribution in [0.1, 0.15) is 15.9 Å². The summed E-state index contributed by atoms with van der Waals surface area (Å²) in [6.07, 6.45) is 0. The van der Waals surface area contributed by atoms with Gasteiger partial charge in [-0.15, -0.1) is 0 Å². The quantitative estimate of drug-likeness (QED) is 0.595. The molecule has 0 aliphatic carbocycles. The molecule has 0 saturated heterocycles. The summed E-state index contributed by atoms with van der Waals surface area (Å²) in [4.78, 5) is 11.4. The Kier molecular flexibility index (Phi) is 5.32. The van der Waals surface area contributed by atoms with Crippen LogP contribution in [0, 0.1) is 0 Å². The van der Waals surface area contributed by atoms with Crippen LogP contribution in [0.2, 0.25) is 0 Å². The Morgan fingerprint density at radius 3 is 2.59 bits per heavy atom. The number of hydrogen-bond acceptors (Lipinski definition) is 3. The van der Waals surface area contributed by atoms with Gasteiger partial charge in [-0.1, -0.05) is 15.9 Å². The molecule has 1 aromatic rings. The molecule has 0 fully saturated rings. The average Bonchev–Trinajstić information content (AvgIpc) is 2.29. The highest BCUT2D eigenvalue weighted by Gasteiger charge is 2.17. The largest absolute Gasteiger partial charge is 0.465 e. The fraction of sp³-hybridized carbons (Fsp3) is 0.300. The van der Waals surface area contributed by atoms with Crippen molar-refractivity contribution < 1.29 is 23.0 Å². The minimum Gasteiger partial charge on any atom is -0.465 e. The first-order chi connectivity index (χ1) is 7.99. The third-order valence-corrected chi connectivity index (χ3v) is 3.15. The van der Waals surface area contributed by atoms with Crippen molar-refractivity contribution >= 4 is 37.8 Å². The molecule has 0 aliphatic rings. The molecule has 1 aromatic carbocycles. The van der Waals surface area contributed by atoms with Gasteiger partial charge in [-0.2, -0.15) is 8.78 Å². The molecule has 0 amide bonds. The Labute approximate surface area is 113 Å². The van der Waals surface area contributed by atoms with Crippen LogP contribution < -0.4 is 4.74 Å². The first-order valence-electron chi connectivity index (χ1n) is 4.41. The van der Waals surface area contributed by atoms with Gasteiger partial charge in [0.05, 0.1) is 17.1 Å². The van der Waals surface area contributed by atoms with Crippen molar-refractivity contribution in [3.63, 3.8) is 0 Å². The van der Waals surface area contributed by atoms with Gasteiger partial charge in [0, 0.05) is 5.33 Å². The van der Waals surface area contributed by atoms with Gasteiger partial charge >= 0.3 is 12.6 Å². The summed E-state index contributed by atoms with van der Waals surface area (Å²) < 4.78 is 33.4. The number of halogens is 4. The molecule has 0 unspecified atom stereocenters. The maximum absolute atomic E-state index is 12.1. The Morgan fingerprint density at radius 2 is 2.12 bits per heavy atom. The van der Waals surface area contributed by atoms with E-state index in [9.17, 15) is 13.6 Å². The second kappa shape index (κ2) is 6.30. The molecule has 7 heteroatoms. The number of alkyl halides is 3. The van der Waals surface area contributed by atoms with Crippen molar-refractivity contribution in [2.75, 3.05) is 7.11 Å². The van der Waals surface area contributed by atoms with Gasteiger partial charge in [-0.25, -0.2) is 4.79 Å². The van der Waals surface area contributed by atoms with E-state index in [0.717, 1.165) is 0 Å². The summed E-state index contributed by atoms with van der Waals surface area (Å²) in [6, 6.07) is 2.75. The number of hydrogen-bond donors (Lipinski definition) is 0.